The Hall–Kier alpha value is -1.66. The molecule has 2 rings (SSSR count). The van der Waals surface area contributed by atoms with E-state index in [0.29, 0.717) is 5.13 Å². The molecule has 0 atom stereocenters. The SMILES string of the molecule is CCCSc1nnc(NC(=O)C=Cc2ccccc2)s1. The van der Waals surface area contributed by atoms with Gasteiger partial charge in [-0.2, -0.15) is 0 Å². The number of benzene rings is 1. The quantitative estimate of drug-likeness (QED) is 0.502. The van der Waals surface area contributed by atoms with Crippen LogP contribution in [0, 0.1) is 0 Å². The van der Waals surface area contributed by atoms with Crippen LogP contribution < -0.4 is 5.32 Å². The molecule has 104 valence electrons. The lowest BCUT2D eigenvalue weighted by Gasteiger charge is -1.95. The molecule has 2 aromatic rings. The van der Waals surface area contributed by atoms with Crippen molar-refractivity contribution in [2.45, 2.75) is 17.7 Å². The minimum Gasteiger partial charge on any atom is -0.297 e. The van der Waals surface area contributed by atoms with Gasteiger partial charge in [0.05, 0.1) is 0 Å². The summed E-state index contributed by atoms with van der Waals surface area (Å²) in [6, 6.07) is 9.68. The molecule has 1 aromatic heterocycles. The van der Waals surface area contributed by atoms with E-state index in [4.69, 9.17) is 0 Å². The lowest BCUT2D eigenvalue weighted by atomic mass is 10.2. The van der Waals surface area contributed by atoms with E-state index < -0.39 is 0 Å². The van der Waals surface area contributed by atoms with Gasteiger partial charge in [0.25, 0.3) is 0 Å². The van der Waals surface area contributed by atoms with Crippen molar-refractivity contribution in [3.05, 3.63) is 42.0 Å². The molecule has 1 heterocycles. The highest BCUT2D eigenvalue weighted by atomic mass is 32.2. The molecule has 0 aliphatic carbocycles. The molecule has 0 aliphatic rings. The van der Waals surface area contributed by atoms with Crippen LogP contribution in [0.2, 0.25) is 0 Å². The van der Waals surface area contributed by atoms with Gasteiger partial charge in [0, 0.05) is 11.8 Å². The zero-order valence-electron chi connectivity index (χ0n) is 11.1. The fraction of sp³-hybridized carbons (Fsp3) is 0.214. The van der Waals surface area contributed by atoms with Gasteiger partial charge in [0.2, 0.25) is 11.0 Å². The molecule has 0 unspecified atom stereocenters. The molecule has 1 aromatic carbocycles. The molecule has 20 heavy (non-hydrogen) atoms. The predicted octanol–water partition coefficient (Wildman–Crippen LogP) is 3.69. The van der Waals surface area contributed by atoms with Crippen molar-refractivity contribution < 1.29 is 4.79 Å². The summed E-state index contributed by atoms with van der Waals surface area (Å²) in [5.41, 5.74) is 0.985. The third kappa shape index (κ3) is 4.79. The zero-order chi connectivity index (χ0) is 14.2. The van der Waals surface area contributed by atoms with Crippen molar-refractivity contribution in [3.8, 4) is 0 Å². The smallest absolute Gasteiger partial charge is 0.250 e. The van der Waals surface area contributed by atoms with E-state index in [1.54, 1.807) is 17.8 Å². The van der Waals surface area contributed by atoms with Crippen LogP contribution in [-0.4, -0.2) is 21.9 Å². The van der Waals surface area contributed by atoms with Gasteiger partial charge in [0.1, 0.15) is 0 Å². The number of nitrogens with one attached hydrogen (secondary N) is 1. The summed E-state index contributed by atoms with van der Waals surface area (Å²) in [4.78, 5) is 11.7. The van der Waals surface area contributed by atoms with Crippen LogP contribution in [0.1, 0.15) is 18.9 Å². The third-order valence-corrected chi connectivity index (χ3v) is 4.47. The number of anilines is 1. The first-order chi connectivity index (χ1) is 9.78. The molecular weight excluding hydrogens is 290 g/mol. The van der Waals surface area contributed by atoms with E-state index in [9.17, 15) is 4.79 Å². The highest BCUT2D eigenvalue weighted by Gasteiger charge is 2.06. The first-order valence-corrected chi connectivity index (χ1v) is 8.08. The van der Waals surface area contributed by atoms with E-state index in [2.05, 4.69) is 22.4 Å². The Bertz CT molecular complexity index is 581. The number of aromatic nitrogens is 2. The maximum absolute atomic E-state index is 11.7. The summed E-state index contributed by atoms with van der Waals surface area (Å²) in [5, 5.41) is 11.2. The number of thioether (sulfide) groups is 1. The second-order valence-electron chi connectivity index (χ2n) is 3.95. The molecule has 0 radical (unpaired) electrons. The summed E-state index contributed by atoms with van der Waals surface area (Å²) >= 11 is 3.05. The monoisotopic (exact) mass is 305 g/mol. The van der Waals surface area contributed by atoms with Crippen molar-refractivity contribution in [3.63, 3.8) is 0 Å². The second-order valence-corrected chi connectivity index (χ2v) is 6.27. The Morgan fingerprint density at radius 1 is 1.35 bits per heavy atom. The van der Waals surface area contributed by atoms with E-state index in [0.717, 1.165) is 22.1 Å². The second kappa shape index (κ2) is 7.81. The normalized spacial score (nSPS) is 10.8. The van der Waals surface area contributed by atoms with Crippen LogP contribution >= 0.6 is 23.1 Å². The number of hydrogen-bond acceptors (Lipinski definition) is 5. The number of rotatable bonds is 6. The Morgan fingerprint density at radius 3 is 2.90 bits per heavy atom. The van der Waals surface area contributed by atoms with Gasteiger partial charge < -0.3 is 0 Å². The number of carbonyl (C=O) groups excluding carboxylic acids is 1. The van der Waals surface area contributed by atoms with E-state index in [1.807, 2.05) is 30.3 Å². The standard InChI is InChI=1S/C14H15N3OS2/c1-2-10-19-14-17-16-13(20-14)15-12(18)9-8-11-6-4-3-5-7-11/h3-9H,2,10H2,1H3,(H,15,16,18). The first kappa shape index (κ1) is 14.7. The fourth-order valence-corrected chi connectivity index (χ4v) is 3.07. The average molecular weight is 305 g/mol. The molecule has 1 N–H and O–H groups in total. The number of carbonyl (C=O) groups is 1. The van der Waals surface area contributed by atoms with E-state index in [-0.39, 0.29) is 5.91 Å². The molecular formula is C14H15N3OS2. The summed E-state index contributed by atoms with van der Waals surface area (Å²) in [6.07, 6.45) is 4.35. The van der Waals surface area contributed by atoms with Crippen LogP contribution in [0.15, 0.2) is 40.7 Å². The van der Waals surface area contributed by atoms with Crippen molar-refractivity contribution >= 4 is 40.2 Å². The van der Waals surface area contributed by atoms with Gasteiger partial charge in [-0.25, -0.2) is 0 Å². The molecule has 0 fully saturated rings. The van der Waals surface area contributed by atoms with Crippen molar-refractivity contribution in [2.24, 2.45) is 0 Å². The number of nitrogens with zero attached hydrogens (tertiary/aromatic N) is 2. The molecule has 0 aliphatic heterocycles. The topological polar surface area (TPSA) is 54.9 Å². The van der Waals surface area contributed by atoms with E-state index in [1.165, 1.54) is 17.4 Å². The molecule has 0 spiro atoms. The molecule has 4 nitrogen and oxygen atoms in total. The van der Waals surface area contributed by atoms with Gasteiger partial charge in [-0.1, -0.05) is 60.4 Å². The van der Waals surface area contributed by atoms with Gasteiger partial charge in [-0.3, -0.25) is 10.1 Å². The molecule has 0 bridgehead atoms. The van der Waals surface area contributed by atoms with Crippen LogP contribution in [0.25, 0.3) is 6.08 Å². The van der Waals surface area contributed by atoms with Crippen LogP contribution in [0.3, 0.4) is 0 Å². The molecule has 0 saturated heterocycles. The summed E-state index contributed by atoms with van der Waals surface area (Å²) in [5.74, 6) is 0.813. The lowest BCUT2D eigenvalue weighted by Crippen LogP contribution is -2.07. The summed E-state index contributed by atoms with van der Waals surface area (Å²) in [6.45, 7) is 2.12. The third-order valence-electron chi connectivity index (χ3n) is 2.29. The van der Waals surface area contributed by atoms with Gasteiger partial charge in [0.15, 0.2) is 4.34 Å². The maximum Gasteiger partial charge on any atom is 0.250 e. The molecule has 6 heteroatoms. The Morgan fingerprint density at radius 2 is 2.15 bits per heavy atom. The van der Waals surface area contributed by atoms with Gasteiger partial charge >= 0.3 is 0 Å². The van der Waals surface area contributed by atoms with Crippen LogP contribution in [-0.2, 0) is 4.79 Å². The molecule has 1 amide bonds. The maximum atomic E-state index is 11.7. The number of hydrogen-bond donors (Lipinski definition) is 1. The largest absolute Gasteiger partial charge is 0.297 e. The zero-order valence-corrected chi connectivity index (χ0v) is 12.7. The van der Waals surface area contributed by atoms with Gasteiger partial charge in [-0.05, 0) is 18.1 Å². The van der Waals surface area contributed by atoms with Gasteiger partial charge in [-0.15, -0.1) is 10.2 Å². The Kier molecular flexibility index (Phi) is 5.76. The molecule has 0 saturated carbocycles. The number of amides is 1. The minimum atomic E-state index is -0.197. The first-order valence-electron chi connectivity index (χ1n) is 6.28. The average Bonchev–Trinajstić information content (AvgIpc) is 2.91. The fourth-order valence-electron chi connectivity index (χ4n) is 1.39. The Labute approximate surface area is 126 Å². The van der Waals surface area contributed by atoms with Crippen molar-refractivity contribution in [1.29, 1.82) is 0 Å². The van der Waals surface area contributed by atoms with Crippen LogP contribution in [0.4, 0.5) is 5.13 Å². The minimum absolute atomic E-state index is 0.197. The van der Waals surface area contributed by atoms with E-state index >= 15 is 0 Å². The van der Waals surface area contributed by atoms with Crippen molar-refractivity contribution in [2.75, 3.05) is 11.1 Å². The highest BCUT2D eigenvalue weighted by molar-refractivity contribution is 8.01. The Balaban J connectivity index is 1.88. The summed E-state index contributed by atoms with van der Waals surface area (Å²) in [7, 11) is 0. The van der Waals surface area contributed by atoms with Crippen molar-refractivity contribution in [1.82, 2.24) is 10.2 Å². The highest BCUT2D eigenvalue weighted by Crippen LogP contribution is 2.25. The summed E-state index contributed by atoms with van der Waals surface area (Å²) < 4.78 is 0.884. The lowest BCUT2D eigenvalue weighted by molar-refractivity contribution is -0.111. The van der Waals surface area contributed by atoms with Crippen LogP contribution in [0.5, 0.6) is 0 Å². The predicted molar refractivity (Wildman–Crippen MR) is 85.0 cm³/mol.